The molecule has 19 heavy (non-hydrogen) atoms. The van der Waals surface area contributed by atoms with Gasteiger partial charge < -0.3 is 5.32 Å². The lowest BCUT2D eigenvalue weighted by molar-refractivity contribution is 0.513. The van der Waals surface area contributed by atoms with Gasteiger partial charge in [0.25, 0.3) is 0 Å². The standard InChI is InChI=1S/C15H18ClN3/c1-2-8-18-15(10-13-5-3-4-9-17-13)14-7-6-12(16)11-19-14/h3-7,9,11,15,18H,2,8,10H2,1H3. The predicted octanol–water partition coefficient (Wildman–Crippen LogP) is 3.41. The zero-order chi connectivity index (χ0) is 13.5. The van der Waals surface area contributed by atoms with E-state index in [2.05, 4.69) is 22.2 Å². The molecular weight excluding hydrogens is 258 g/mol. The second-order valence-electron chi connectivity index (χ2n) is 4.43. The molecule has 0 fully saturated rings. The number of hydrogen-bond acceptors (Lipinski definition) is 3. The Balaban J connectivity index is 2.13. The van der Waals surface area contributed by atoms with Crippen molar-refractivity contribution in [3.05, 3.63) is 59.1 Å². The number of hydrogen-bond donors (Lipinski definition) is 1. The highest BCUT2D eigenvalue weighted by Gasteiger charge is 2.13. The van der Waals surface area contributed by atoms with Crippen molar-refractivity contribution >= 4 is 11.6 Å². The van der Waals surface area contributed by atoms with E-state index in [0.717, 1.165) is 30.8 Å². The number of pyridine rings is 2. The molecule has 0 amide bonds. The summed E-state index contributed by atoms with van der Waals surface area (Å²) in [6, 6.07) is 10.00. The van der Waals surface area contributed by atoms with Crippen molar-refractivity contribution in [3.8, 4) is 0 Å². The van der Waals surface area contributed by atoms with Gasteiger partial charge in [-0.1, -0.05) is 24.6 Å². The smallest absolute Gasteiger partial charge is 0.0589 e. The third kappa shape index (κ3) is 4.30. The summed E-state index contributed by atoms with van der Waals surface area (Å²) in [5.41, 5.74) is 2.07. The minimum absolute atomic E-state index is 0.173. The Bertz CT molecular complexity index is 485. The predicted molar refractivity (Wildman–Crippen MR) is 78.2 cm³/mol. The van der Waals surface area contributed by atoms with E-state index in [1.165, 1.54) is 0 Å². The normalized spacial score (nSPS) is 12.3. The molecule has 0 bridgehead atoms. The fraction of sp³-hybridized carbons (Fsp3) is 0.333. The van der Waals surface area contributed by atoms with Crippen LogP contribution in [0.1, 0.15) is 30.8 Å². The first kappa shape index (κ1) is 14.0. The zero-order valence-corrected chi connectivity index (χ0v) is 11.8. The molecule has 1 atom stereocenters. The van der Waals surface area contributed by atoms with Gasteiger partial charge in [-0.05, 0) is 37.2 Å². The van der Waals surface area contributed by atoms with Crippen LogP contribution in [0, 0.1) is 0 Å². The molecule has 4 heteroatoms. The van der Waals surface area contributed by atoms with Crippen molar-refractivity contribution < 1.29 is 0 Å². The Morgan fingerprint density at radius 1 is 1.21 bits per heavy atom. The molecule has 2 heterocycles. The van der Waals surface area contributed by atoms with Gasteiger partial charge in [0.05, 0.1) is 16.8 Å². The molecule has 3 nitrogen and oxygen atoms in total. The lowest BCUT2D eigenvalue weighted by Gasteiger charge is -2.17. The van der Waals surface area contributed by atoms with Gasteiger partial charge in [0.15, 0.2) is 0 Å². The van der Waals surface area contributed by atoms with Crippen LogP contribution in [0.25, 0.3) is 0 Å². The molecule has 100 valence electrons. The molecule has 0 saturated carbocycles. The maximum absolute atomic E-state index is 5.89. The van der Waals surface area contributed by atoms with Gasteiger partial charge >= 0.3 is 0 Å². The van der Waals surface area contributed by atoms with E-state index in [4.69, 9.17) is 11.6 Å². The SMILES string of the molecule is CCCNC(Cc1ccccn1)c1ccc(Cl)cn1. The highest BCUT2D eigenvalue weighted by molar-refractivity contribution is 6.30. The number of nitrogens with zero attached hydrogens (tertiary/aromatic N) is 2. The molecule has 0 aromatic carbocycles. The molecule has 0 aliphatic carbocycles. The van der Waals surface area contributed by atoms with Crippen molar-refractivity contribution in [1.82, 2.24) is 15.3 Å². The highest BCUT2D eigenvalue weighted by atomic mass is 35.5. The van der Waals surface area contributed by atoms with Gasteiger partial charge in [-0.15, -0.1) is 0 Å². The van der Waals surface area contributed by atoms with Gasteiger partial charge in [0, 0.05) is 24.5 Å². The topological polar surface area (TPSA) is 37.8 Å². The van der Waals surface area contributed by atoms with Gasteiger partial charge in [0.2, 0.25) is 0 Å². The minimum Gasteiger partial charge on any atom is -0.308 e. The Morgan fingerprint density at radius 2 is 2.11 bits per heavy atom. The minimum atomic E-state index is 0.173. The van der Waals surface area contributed by atoms with Gasteiger partial charge in [-0.2, -0.15) is 0 Å². The van der Waals surface area contributed by atoms with Crippen LogP contribution in [0.4, 0.5) is 0 Å². The molecule has 2 rings (SSSR count). The maximum Gasteiger partial charge on any atom is 0.0589 e. The second-order valence-corrected chi connectivity index (χ2v) is 4.87. The van der Waals surface area contributed by atoms with E-state index in [-0.39, 0.29) is 6.04 Å². The molecule has 0 aliphatic rings. The summed E-state index contributed by atoms with van der Waals surface area (Å²) in [5, 5.41) is 4.17. The molecule has 2 aromatic rings. The van der Waals surface area contributed by atoms with Gasteiger partial charge in [-0.3, -0.25) is 9.97 Å². The van der Waals surface area contributed by atoms with Crippen LogP contribution in [0.15, 0.2) is 42.7 Å². The average molecular weight is 276 g/mol. The number of aromatic nitrogens is 2. The Kier molecular flexibility index (Phi) is 5.31. The molecule has 0 radical (unpaired) electrons. The van der Waals surface area contributed by atoms with Crippen molar-refractivity contribution in [3.63, 3.8) is 0 Å². The van der Waals surface area contributed by atoms with Crippen LogP contribution < -0.4 is 5.32 Å². The maximum atomic E-state index is 5.89. The summed E-state index contributed by atoms with van der Waals surface area (Å²) in [7, 11) is 0. The first-order valence-electron chi connectivity index (χ1n) is 6.54. The largest absolute Gasteiger partial charge is 0.308 e. The fourth-order valence-electron chi connectivity index (χ4n) is 1.92. The molecule has 0 aliphatic heterocycles. The van der Waals surface area contributed by atoms with Crippen LogP contribution in [-0.4, -0.2) is 16.5 Å². The molecule has 2 aromatic heterocycles. The van der Waals surface area contributed by atoms with E-state index in [1.807, 2.05) is 36.5 Å². The van der Waals surface area contributed by atoms with E-state index in [0.29, 0.717) is 5.02 Å². The number of nitrogens with one attached hydrogen (secondary N) is 1. The zero-order valence-electron chi connectivity index (χ0n) is 11.0. The summed E-state index contributed by atoms with van der Waals surface area (Å²) in [6.45, 7) is 3.11. The van der Waals surface area contributed by atoms with Crippen LogP contribution in [-0.2, 0) is 6.42 Å². The Morgan fingerprint density at radius 3 is 2.74 bits per heavy atom. The average Bonchev–Trinajstić information content (AvgIpc) is 2.45. The second kappa shape index (κ2) is 7.22. The van der Waals surface area contributed by atoms with Crippen LogP contribution in [0.3, 0.4) is 0 Å². The van der Waals surface area contributed by atoms with Crippen LogP contribution >= 0.6 is 11.6 Å². The van der Waals surface area contributed by atoms with E-state index < -0.39 is 0 Å². The monoisotopic (exact) mass is 275 g/mol. The first-order valence-corrected chi connectivity index (χ1v) is 6.92. The molecule has 1 unspecified atom stereocenters. The lowest BCUT2D eigenvalue weighted by Crippen LogP contribution is -2.25. The van der Waals surface area contributed by atoms with E-state index >= 15 is 0 Å². The van der Waals surface area contributed by atoms with Crippen LogP contribution in [0.5, 0.6) is 0 Å². The summed E-state index contributed by atoms with van der Waals surface area (Å²) in [6.07, 6.45) is 5.43. The van der Waals surface area contributed by atoms with Crippen molar-refractivity contribution in [1.29, 1.82) is 0 Å². The molecule has 1 N–H and O–H groups in total. The van der Waals surface area contributed by atoms with Gasteiger partial charge in [-0.25, -0.2) is 0 Å². The van der Waals surface area contributed by atoms with E-state index in [1.54, 1.807) is 6.20 Å². The summed E-state index contributed by atoms with van der Waals surface area (Å²) in [4.78, 5) is 8.78. The number of rotatable bonds is 6. The highest BCUT2D eigenvalue weighted by Crippen LogP contribution is 2.17. The van der Waals surface area contributed by atoms with Crippen LogP contribution in [0.2, 0.25) is 5.02 Å². The van der Waals surface area contributed by atoms with Crippen molar-refractivity contribution in [2.75, 3.05) is 6.54 Å². The quantitative estimate of drug-likeness (QED) is 0.878. The summed E-state index contributed by atoms with van der Waals surface area (Å²) >= 11 is 5.89. The van der Waals surface area contributed by atoms with Crippen molar-refractivity contribution in [2.24, 2.45) is 0 Å². The summed E-state index contributed by atoms with van der Waals surface area (Å²) in [5.74, 6) is 0. The Labute approximate surface area is 119 Å². The number of halogens is 1. The first-order chi connectivity index (χ1) is 9.29. The third-order valence-electron chi connectivity index (χ3n) is 2.89. The molecule has 0 spiro atoms. The fourth-order valence-corrected chi connectivity index (χ4v) is 2.03. The summed E-state index contributed by atoms with van der Waals surface area (Å²) < 4.78 is 0. The molecular formula is C15H18ClN3. The van der Waals surface area contributed by atoms with E-state index in [9.17, 15) is 0 Å². The lowest BCUT2D eigenvalue weighted by atomic mass is 10.1. The van der Waals surface area contributed by atoms with Crippen molar-refractivity contribution in [2.45, 2.75) is 25.8 Å². The van der Waals surface area contributed by atoms with Gasteiger partial charge in [0.1, 0.15) is 0 Å². The molecule has 0 saturated heterocycles. The third-order valence-corrected chi connectivity index (χ3v) is 3.11. The Hall–Kier alpha value is -1.45.